The maximum Gasteiger partial charge on any atom is 0.123 e. The topological polar surface area (TPSA) is 38.7 Å². The lowest BCUT2D eigenvalue weighted by Crippen LogP contribution is -2.01. The van der Waals surface area contributed by atoms with Gasteiger partial charge in [0.1, 0.15) is 17.7 Å². The summed E-state index contributed by atoms with van der Waals surface area (Å²) in [5.74, 6) is 0.251. The minimum Gasteiger partial charge on any atom is -0.244 e. The summed E-state index contributed by atoms with van der Waals surface area (Å²) in [5.41, 5.74) is 4.57. The maximum atomic E-state index is 13.1. The largest absolute Gasteiger partial charge is 0.244 e. The zero-order valence-corrected chi connectivity index (χ0v) is 12.2. The minimum absolute atomic E-state index is 0.237. The Morgan fingerprint density at radius 1 is 0.909 bits per heavy atom. The fraction of sp³-hybridized carbons (Fsp3) is 0.278. The molecule has 0 spiro atoms. The average Bonchev–Trinajstić information content (AvgIpc) is 3.09. The van der Waals surface area contributed by atoms with Crippen molar-refractivity contribution in [1.29, 1.82) is 0 Å². The van der Waals surface area contributed by atoms with E-state index in [-0.39, 0.29) is 5.82 Å². The summed E-state index contributed by atoms with van der Waals surface area (Å²) in [6.07, 6.45) is 6.50. The van der Waals surface area contributed by atoms with Gasteiger partial charge in [0, 0.05) is 11.5 Å². The van der Waals surface area contributed by atoms with Crippen molar-refractivity contribution in [3.8, 4) is 11.3 Å². The Balaban J connectivity index is 1.84. The standard InChI is InChI=1S/C18H16FN3/c19-14-7-5-12(6-8-14)15-9-10-16-18(22-15)17(21-11-20-16)13-3-1-2-4-13/h5-11,13H,1-4H2. The first-order valence-electron chi connectivity index (χ1n) is 7.69. The van der Waals surface area contributed by atoms with Gasteiger partial charge in [0.2, 0.25) is 0 Å². The Labute approximate surface area is 128 Å². The van der Waals surface area contributed by atoms with E-state index in [1.54, 1.807) is 18.5 Å². The number of hydrogen-bond acceptors (Lipinski definition) is 3. The van der Waals surface area contributed by atoms with Gasteiger partial charge in [0.15, 0.2) is 0 Å². The van der Waals surface area contributed by atoms with E-state index in [9.17, 15) is 4.39 Å². The Hall–Kier alpha value is -2.36. The van der Waals surface area contributed by atoms with Gasteiger partial charge in [-0.3, -0.25) is 0 Å². The van der Waals surface area contributed by atoms with Gasteiger partial charge in [0.05, 0.1) is 16.9 Å². The molecule has 0 bridgehead atoms. The molecule has 0 N–H and O–H groups in total. The molecule has 0 saturated heterocycles. The molecular weight excluding hydrogens is 277 g/mol. The van der Waals surface area contributed by atoms with Crippen LogP contribution in [0, 0.1) is 5.82 Å². The van der Waals surface area contributed by atoms with Crippen LogP contribution in [0.2, 0.25) is 0 Å². The predicted molar refractivity (Wildman–Crippen MR) is 83.9 cm³/mol. The summed E-state index contributed by atoms with van der Waals surface area (Å²) in [6.45, 7) is 0. The molecule has 1 aromatic carbocycles. The zero-order valence-electron chi connectivity index (χ0n) is 12.2. The van der Waals surface area contributed by atoms with E-state index in [1.165, 1.54) is 37.8 Å². The van der Waals surface area contributed by atoms with Crippen LogP contribution in [0.4, 0.5) is 4.39 Å². The Kier molecular flexibility index (Phi) is 3.29. The van der Waals surface area contributed by atoms with E-state index >= 15 is 0 Å². The van der Waals surface area contributed by atoms with Gasteiger partial charge in [-0.25, -0.2) is 19.3 Å². The first-order valence-corrected chi connectivity index (χ1v) is 7.69. The second-order valence-electron chi connectivity index (χ2n) is 5.81. The number of aromatic nitrogens is 3. The molecular formula is C18H16FN3. The molecule has 110 valence electrons. The van der Waals surface area contributed by atoms with Crippen LogP contribution in [0.5, 0.6) is 0 Å². The Morgan fingerprint density at radius 2 is 1.68 bits per heavy atom. The molecule has 4 rings (SSSR count). The Bertz CT molecular complexity index is 808. The number of pyridine rings is 1. The van der Waals surface area contributed by atoms with Crippen molar-refractivity contribution in [1.82, 2.24) is 15.0 Å². The molecule has 1 saturated carbocycles. The third-order valence-electron chi connectivity index (χ3n) is 4.39. The lowest BCUT2D eigenvalue weighted by Gasteiger charge is -2.11. The summed E-state index contributed by atoms with van der Waals surface area (Å²) in [7, 11) is 0. The molecule has 2 aromatic heterocycles. The van der Waals surface area contributed by atoms with Crippen LogP contribution in [0.3, 0.4) is 0 Å². The average molecular weight is 293 g/mol. The highest BCUT2D eigenvalue weighted by atomic mass is 19.1. The third-order valence-corrected chi connectivity index (χ3v) is 4.39. The van der Waals surface area contributed by atoms with E-state index in [1.807, 2.05) is 12.1 Å². The van der Waals surface area contributed by atoms with Gasteiger partial charge < -0.3 is 0 Å². The second-order valence-corrected chi connectivity index (χ2v) is 5.81. The highest BCUT2D eigenvalue weighted by molar-refractivity contribution is 5.80. The van der Waals surface area contributed by atoms with E-state index in [0.717, 1.165) is 28.0 Å². The van der Waals surface area contributed by atoms with Crippen LogP contribution in [0.15, 0.2) is 42.7 Å². The van der Waals surface area contributed by atoms with Crippen molar-refractivity contribution in [3.05, 3.63) is 54.2 Å². The highest BCUT2D eigenvalue weighted by Crippen LogP contribution is 2.35. The number of hydrogen-bond donors (Lipinski definition) is 0. The summed E-state index contributed by atoms with van der Waals surface area (Å²) >= 11 is 0. The van der Waals surface area contributed by atoms with Gasteiger partial charge in [-0.05, 0) is 49.2 Å². The van der Waals surface area contributed by atoms with Crippen molar-refractivity contribution in [2.75, 3.05) is 0 Å². The number of fused-ring (bicyclic) bond motifs is 1. The SMILES string of the molecule is Fc1ccc(-c2ccc3ncnc(C4CCCC4)c3n2)cc1. The lowest BCUT2D eigenvalue weighted by atomic mass is 10.0. The molecule has 1 aliphatic carbocycles. The van der Waals surface area contributed by atoms with E-state index in [2.05, 4.69) is 9.97 Å². The summed E-state index contributed by atoms with van der Waals surface area (Å²) in [6, 6.07) is 10.3. The van der Waals surface area contributed by atoms with Crippen LogP contribution >= 0.6 is 0 Å². The molecule has 3 aromatic rings. The molecule has 0 radical (unpaired) electrons. The molecule has 0 unspecified atom stereocenters. The molecule has 3 nitrogen and oxygen atoms in total. The van der Waals surface area contributed by atoms with Gasteiger partial charge in [0.25, 0.3) is 0 Å². The quantitative estimate of drug-likeness (QED) is 0.699. The van der Waals surface area contributed by atoms with E-state index in [4.69, 9.17) is 4.98 Å². The normalized spacial score (nSPS) is 15.5. The lowest BCUT2D eigenvalue weighted by molar-refractivity contribution is 0.628. The van der Waals surface area contributed by atoms with E-state index < -0.39 is 0 Å². The molecule has 0 atom stereocenters. The summed E-state index contributed by atoms with van der Waals surface area (Å²) in [4.78, 5) is 13.6. The summed E-state index contributed by atoms with van der Waals surface area (Å²) in [5, 5.41) is 0. The molecule has 22 heavy (non-hydrogen) atoms. The van der Waals surface area contributed by atoms with Crippen molar-refractivity contribution in [2.45, 2.75) is 31.6 Å². The number of halogens is 1. The van der Waals surface area contributed by atoms with Crippen LogP contribution in [0.1, 0.15) is 37.3 Å². The van der Waals surface area contributed by atoms with Crippen molar-refractivity contribution in [2.24, 2.45) is 0 Å². The fourth-order valence-corrected chi connectivity index (χ4v) is 3.24. The van der Waals surface area contributed by atoms with Crippen LogP contribution in [-0.4, -0.2) is 15.0 Å². The van der Waals surface area contributed by atoms with Gasteiger partial charge in [-0.1, -0.05) is 12.8 Å². The molecule has 4 heteroatoms. The third kappa shape index (κ3) is 2.34. The fourth-order valence-electron chi connectivity index (χ4n) is 3.24. The highest BCUT2D eigenvalue weighted by Gasteiger charge is 2.21. The van der Waals surface area contributed by atoms with Gasteiger partial charge in [-0.2, -0.15) is 0 Å². The van der Waals surface area contributed by atoms with Crippen LogP contribution in [0.25, 0.3) is 22.3 Å². The van der Waals surface area contributed by atoms with Gasteiger partial charge in [-0.15, -0.1) is 0 Å². The number of nitrogens with zero attached hydrogens (tertiary/aromatic N) is 3. The van der Waals surface area contributed by atoms with Crippen molar-refractivity contribution >= 4 is 11.0 Å². The smallest absolute Gasteiger partial charge is 0.123 e. The van der Waals surface area contributed by atoms with Crippen molar-refractivity contribution in [3.63, 3.8) is 0 Å². The summed E-state index contributed by atoms with van der Waals surface area (Å²) < 4.78 is 13.1. The number of benzene rings is 1. The minimum atomic E-state index is -0.237. The molecule has 1 aliphatic rings. The number of rotatable bonds is 2. The second kappa shape index (κ2) is 5.44. The molecule has 0 amide bonds. The van der Waals surface area contributed by atoms with Gasteiger partial charge >= 0.3 is 0 Å². The molecule has 0 aliphatic heterocycles. The van der Waals surface area contributed by atoms with Crippen LogP contribution in [-0.2, 0) is 0 Å². The molecule has 2 heterocycles. The zero-order chi connectivity index (χ0) is 14.9. The molecule has 1 fully saturated rings. The Morgan fingerprint density at radius 3 is 2.45 bits per heavy atom. The first-order chi connectivity index (χ1) is 10.8. The monoisotopic (exact) mass is 293 g/mol. The first kappa shape index (κ1) is 13.3. The maximum absolute atomic E-state index is 13.1. The van der Waals surface area contributed by atoms with Crippen molar-refractivity contribution < 1.29 is 4.39 Å². The van der Waals surface area contributed by atoms with E-state index in [0.29, 0.717) is 5.92 Å². The predicted octanol–water partition coefficient (Wildman–Crippen LogP) is 4.49. The van der Waals surface area contributed by atoms with Crippen LogP contribution < -0.4 is 0 Å².